The summed E-state index contributed by atoms with van der Waals surface area (Å²) in [5.41, 5.74) is 3.06. The fraction of sp³-hybridized carbons (Fsp3) is 0.161. The lowest BCUT2D eigenvalue weighted by molar-refractivity contribution is -0.137. The van der Waals surface area contributed by atoms with Crippen molar-refractivity contribution in [2.45, 2.75) is 32.6 Å². The lowest BCUT2D eigenvalue weighted by Gasteiger charge is -2.24. The number of hydrogen-bond acceptors (Lipinski definition) is 2. The van der Waals surface area contributed by atoms with E-state index in [4.69, 9.17) is 0 Å². The molecule has 0 aliphatic carbocycles. The Morgan fingerprint density at radius 1 is 0.769 bits per heavy atom. The van der Waals surface area contributed by atoms with Crippen molar-refractivity contribution >= 4 is 17.5 Å². The average Bonchev–Trinajstić information content (AvgIpc) is 2.92. The smallest absolute Gasteiger partial charge is 0.352 e. The van der Waals surface area contributed by atoms with Gasteiger partial charge in [0.25, 0.3) is 5.91 Å². The first kappa shape index (κ1) is 27.6. The van der Waals surface area contributed by atoms with E-state index >= 15 is 0 Å². The van der Waals surface area contributed by atoms with Gasteiger partial charge in [-0.05, 0) is 71.6 Å². The molecule has 0 heterocycles. The van der Waals surface area contributed by atoms with Gasteiger partial charge in [-0.3, -0.25) is 9.59 Å². The van der Waals surface area contributed by atoms with Crippen LogP contribution < -0.4 is 10.2 Å². The Hall–Kier alpha value is -4.46. The normalized spacial score (nSPS) is 11.2. The van der Waals surface area contributed by atoms with Crippen LogP contribution in [0.5, 0.6) is 0 Å². The van der Waals surface area contributed by atoms with Gasteiger partial charge in [0.1, 0.15) is 5.82 Å². The van der Waals surface area contributed by atoms with Crippen LogP contribution in [0.15, 0.2) is 97.1 Å². The number of carbonyl (C=O) groups excluding carboxylic acids is 2. The van der Waals surface area contributed by atoms with Crippen molar-refractivity contribution in [2.75, 3.05) is 4.90 Å². The number of rotatable bonds is 8. The molecule has 0 fully saturated rings. The molecule has 8 heteroatoms. The Morgan fingerprint density at radius 2 is 1.36 bits per heavy atom. The van der Waals surface area contributed by atoms with Crippen LogP contribution in [-0.4, -0.2) is 11.8 Å². The Kier molecular flexibility index (Phi) is 8.44. The highest BCUT2D eigenvalue weighted by Gasteiger charge is 2.30. The number of halogens is 4. The van der Waals surface area contributed by atoms with Crippen molar-refractivity contribution in [3.63, 3.8) is 0 Å². The Bertz CT molecular complexity index is 1430. The highest BCUT2D eigenvalue weighted by molar-refractivity contribution is 6.07. The fourth-order valence-electron chi connectivity index (χ4n) is 4.06. The first-order chi connectivity index (χ1) is 18.6. The Labute approximate surface area is 223 Å². The number of nitrogens with one attached hydrogen (secondary N) is 1. The van der Waals surface area contributed by atoms with E-state index in [1.807, 2.05) is 19.1 Å². The summed E-state index contributed by atoms with van der Waals surface area (Å²) in [5.74, 6) is -0.860. The monoisotopic (exact) mass is 534 g/mol. The van der Waals surface area contributed by atoms with Crippen LogP contribution in [0.4, 0.5) is 23.2 Å². The summed E-state index contributed by atoms with van der Waals surface area (Å²) in [4.78, 5) is 27.5. The molecular formula is C31H26F4N2O2. The van der Waals surface area contributed by atoms with Crippen molar-refractivity contribution in [3.05, 3.63) is 136 Å². The van der Waals surface area contributed by atoms with Gasteiger partial charge in [0, 0.05) is 17.8 Å². The maximum absolute atomic E-state index is 13.6. The number of carbonyl (C=O) groups is 2. The SMILES string of the molecule is Cc1ccccc1C(=O)N(Cc1ccc(C(F)(F)F)cc1)c1ccc(CC(=O)NCc2ccc(F)cc2)cc1. The summed E-state index contributed by atoms with van der Waals surface area (Å²) in [6, 6.07) is 24.6. The maximum atomic E-state index is 13.6. The van der Waals surface area contributed by atoms with Gasteiger partial charge in [-0.25, -0.2) is 4.39 Å². The second-order valence-corrected chi connectivity index (χ2v) is 9.15. The first-order valence-corrected chi connectivity index (χ1v) is 12.2. The van der Waals surface area contributed by atoms with Gasteiger partial charge in [0.15, 0.2) is 0 Å². The molecule has 0 aromatic heterocycles. The standard InChI is InChI=1S/C31H26F4N2O2/c1-21-4-2-3-5-28(21)30(39)37(20-24-6-12-25(13-7-24)31(33,34)35)27-16-10-22(11-17-27)18-29(38)36-19-23-8-14-26(32)15-9-23/h2-17H,18-20H2,1H3,(H,36,38). The number of hydrogen-bond donors (Lipinski definition) is 1. The molecule has 4 rings (SSSR count). The van der Waals surface area contributed by atoms with E-state index in [2.05, 4.69) is 5.32 Å². The van der Waals surface area contributed by atoms with E-state index in [1.54, 1.807) is 48.5 Å². The van der Waals surface area contributed by atoms with E-state index in [-0.39, 0.29) is 37.1 Å². The third kappa shape index (κ3) is 7.31. The van der Waals surface area contributed by atoms with Crippen molar-refractivity contribution in [2.24, 2.45) is 0 Å². The topological polar surface area (TPSA) is 49.4 Å². The van der Waals surface area contributed by atoms with Crippen LogP contribution in [0, 0.1) is 12.7 Å². The van der Waals surface area contributed by atoms with Gasteiger partial charge in [-0.2, -0.15) is 13.2 Å². The number of benzene rings is 4. The van der Waals surface area contributed by atoms with E-state index in [9.17, 15) is 27.2 Å². The maximum Gasteiger partial charge on any atom is 0.416 e. The van der Waals surface area contributed by atoms with Gasteiger partial charge in [-0.1, -0.05) is 54.6 Å². The van der Waals surface area contributed by atoms with Crippen LogP contribution in [-0.2, 0) is 30.5 Å². The molecule has 0 spiro atoms. The molecular weight excluding hydrogens is 508 g/mol. The van der Waals surface area contributed by atoms with E-state index in [0.29, 0.717) is 22.4 Å². The van der Waals surface area contributed by atoms with E-state index in [0.717, 1.165) is 23.3 Å². The lowest BCUT2D eigenvalue weighted by Crippen LogP contribution is -2.31. The molecule has 200 valence electrons. The second-order valence-electron chi connectivity index (χ2n) is 9.15. The molecule has 2 amide bonds. The minimum Gasteiger partial charge on any atom is -0.352 e. The molecule has 1 N–H and O–H groups in total. The highest BCUT2D eigenvalue weighted by Crippen LogP contribution is 2.30. The van der Waals surface area contributed by atoms with E-state index < -0.39 is 11.7 Å². The minimum atomic E-state index is -4.45. The van der Waals surface area contributed by atoms with Crippen LogP contribution in [0.3, 0.4) is 0 Å². The van der Waals surface area contributed by atoms with Gasteiger partial charge < -0.3 is 10.2 Å². The summed E-state index contributed by atoms with van der Waals surface area (Å²) in [6.07, 6.45) is -4.34. The molecule has 0 aliphatic heterocycles. The molecule has 0 unspecified atom stereocenters. The molecule has 0 saturated heterocycles. The van der Waals surface area contributed by atoms with Crippen molar-refractivity contribution in [1.29, 1.82) is 0 Å². The predicted molar refractivity (Wildman–Crippen MR) is 142 cm³/mol. The fourth-order valence-corrected chi connectivity index (χ4v) is 4.06. The predicted octanol–water partition coefficient (Wildman–Crippen LogP) is 6.86. The zero-order valence-corrected chi connectivity index (χ0v) is 21.1. The molecule has 39 heavy (non-hydrogen) atoms. The number of anilines is 1. The van der Waals surface area contributed by atoms with Crippen LogP contribution in [0.2, 0.25) is 0 Å². The minimum absolute atomic E-state index is 0.0583. The quantitative estimate of drug-likeness (QED) is 0.251. The van der Waals surface area contributed by atoms with Gasteiger partial charge >= 0.3 is 6.18 Å². The zero-order valence-electron chi connectivity index (χ0n) is 21.1. The highest BCUT2D eigenvalue weighted by atomic mass is 19.4. The number of alkyl halides is 3. The van der Waals surface area contributed by atoms with Gasteiger partial charge in [0.05, 0.1) is 18.5 Å². The van der Waals surface area contributed by atoms with Crippen LogP contribution in [0.25, 0.3) is 0 Å². The molecule has 4 nitrogen and oxygen atoms in total. The molecule has 0 radical (unpaired) electrons. The summed E-state index contributed by atoms with van der Waals surface area (Å²) < 4.78 is 52.1. The lowest BCUT2D eigenvalue weighted by atomic mass is 10.0. The molecule has 4 aromatic carbocycles. The summed E-state index contributed by atoms with van der Waals surface area (Å²) in [5, 5.41) is 2.79. The number of aryl methyl sites for hydroxylation is 1. The summed E-state index contributed by atoms with van der Waals surface area (Å²) in [7, 11) is 0. The van der Waals surface area contributed by atoms with Crippen molar-refractivity contribution in [3.8, 4) is 0 Å². The largest absolute Gasteiger partial charge is 0.416 e. The number of nitrogens with zero attached hydrogens (tertiary/aromatic N) is 1. The number of amides is 2. The summed E-state index contributed by atoms with van der Waals surface area (Å²) >= 11 is 0. The molecule has 4 aromatic rings. The van der Waals surface area contributed by atoms with Gasteiger partial charge in [0.2, 0.25) is 5.91 Å². The summed E-state index contributed by atoms with van der Waals surface area (Å²) in [6.45, 7) is 2.14. The second kappa shape index (κ2) is 11.9. The van der Waals surface area contributed by atoms with E-state index in [1.165, 1.54) is 29.2 Å². The third-order valence-electron chi connectivity index (χ3n) is 6.26. The molecule has 0 aliphatic rings. The van der Waals surface area contributed by atoms with Crippen molar-refractivity contribution in [1.82, 2.24) is 5.32 Å². The molecule has 0 saturated carbocycles. The zero-order chi connectivity index (χ0) is 28.0. The average molecular weight is 535 g/mol. The Morgan fingerprint density at radius 3 is 1.97 bits per heavy atom. The third-order valence-corrected chi connectivity index (χ3v) is 6.26. The van der Waals surface area contributed by atoms with Crippen molar-refractivity contribution < 1.29 is 27.2 Å². The molecule has 0 atom stereocenters. The van der Waals surface area contributed by atoms with Crippen LogP contribution in [0.1, 0.15) is 38.2 Å². The van der Waals surface area contributed by atoms with Gasteiger partial charge in [-0.15, -0.1) is 0 Å². The Balaban J connectivity index is 1.51. The first-order valence-electron chi connectivity index (χ1n) is 12.2. The van der Waals surface area contributed by atoms with Crippen LogP contribution >= 0.6 is 0 Å². The molecule has 0 bridgehead atoms.